The lowest BCUT2D eigenvalue weighted by molar-refractivity contribution is 0.171. The summed E-state index contributed by atoms with van der Waals surface area (Å²) in [7, 11) is -2.13. The lowest BCUT2D eigenvalue weighted by atomic mass is 10.4. The normalized spacial score (nSPS) is 14.0. The standard InChI is InChI=1S/C10H13Br2NO3S/c1-7(14)6-13(2)17(15,16)10-4-3-8(11)5-9(10)12/h3-5,7,14H,6H2,1-2H3. The van der Waals surface area contributed by atoms with Crippen molar-refractivity contribution in [3.8, 4) is 0 Å². The highest BCUT2D eigenvalue weighted by Crippen LogP contribution is 2.27. The molecule has 0 saturated carbocycles. The van der Waals surface area contributed by atoms with Crippen LogP contribution in [0.15, 0.2) is 32.0 Å². The molecule has 0 spiro atoms. The van der Waals surface area contributed by atoms with E-state index in [2.05, 4.69) is 31.9 Å². The second kappa shape index (κ2) is 5.79. The van der Waals surface area contributed by atoms with Crippen molar-refractivity contribution in [3.05, 3.63) is 27.1 Å². The van der Waals surface area contributed by atoms with E-state index in [1.165, 1.54) is 13.1 Å². The van der Waals surface area contributed by atoms with E-state index in [-0.39, 0.29) is 11.4 Å². The monoisotopic (exact) mass is 385 g/mol. The molecule has 1 atom stereocenters. The maximum atomic E-state index is 12.2. The molecule has 0 fully saturated rings. The van der Waals surface area contributed by atoms with E-state index in [4.69, 9.17) is 0 Å². The molecule has 0 aliphatic heterocycles. The molecule has 1 unspecified atom stereocenters. The van der Waals surface area contributed by atoms with Gasteiger partial charge in [-0.05, 0) is 41.1 Å². The van der Waals surface area contributed by atoms with Crippen LogP contribution in [0.3, 0.4) is 0 Å². The molecular formula is C10H13Br2NO3S. The summed E-state index contributed by atoms with van der Waals surface area (Å²) < 4.78 is 26.8. The first kappa shape index (κ1) is 15.1. The Labute approximate surface area is 118 Å². The number of nitrogens with zero attached hydrogens (tertiary/aromatic N) is 1. The molecule has 0 aromatic heterocycles. The molecule has 96 valence electrons. The molecule has 1 N–H and O–H groups in total. The van der Waals surface area contributed by atoms with Gasteiger partial charge in [-0.15, -0.1) is 0 Å². The van der Waals surface area contributed by atoms with Gasteiger partial charge in [-0.25, -0.2) is 8.42 Å². The Balaban J connectivity index is 3.13. The second-order valence-electron chi connectivity index (χ2n) is 3.71. The van der Waals surface area contributed by atoms with E-state index >= 15 is 0 Å². The van der Waals surface area contributed by atoms with E-state index in [0.717, 1.165) is 8.78 Å². The zero-order valence-electron chi connectivity index (χ0n) is 9.39. The molecule has 0 amide bonds. The van der Waals surface area contributed by atoms with Gasteiger partial charge in [0.15, 0.2) is 0 Å². The van der Waals surface area contributed by atoms with Crippen molar-refractivity contribution in [2.24, 2.45) is 0 Å². The third-order valence-corrected chi connectivity index (χ3v) is 5.40. The number of hydrogen-bond acceptors (Lipinski definition) is 3. The quantitative estimate of drug-likeness (QED) is 0.862. The number of hydrogen-bond donors (Lipinski definition) is 1. The smallest absolute Gasteiger partial charge is 0.244 e. The van der Waals surface area contributed by atoms with E-state index < -0.39 is 16.1 Å². The van der Waals surface area contributed by atoms with Gasteiger partial charge >= 0.3 is 0 Å². The minimum Gasteiger partial charge on any atom is -0.392 e. The molecule has 7 heteroatoms. The predicted molar refractivity (Wildman–Crippen MR) is 73.3 cm³/mol. The summed E-state index contributed by atoms with van der Waals surface area (Å²) in [6, 6.07) is 4.85. The molecule has 17 heavy (non-hydrogen) atoms. The van der Waals surface area contributed by atoms with Crippen LogP contribution in [0.4, 0.5) is 0 Å². The van der Waals surface area contributed by atoms with Gasteiger partial charge in [-0.3, -0.25) is 0 Å². The van der Waals surface area contributed by atoms with E-state index in [0.29, 0.717) is 4.47 Å². The fourth-order valence-electron chi connectivity index (χ4n) is 1.32. The van der Waals surface area contributed by atoms with Gasteiger partial charge in [0.25, 0.3) is 0 Å². The average Bonchev–Trinajstić information content (AvgIpc) is 2.15. The minimum absolute atomic E-state index is 0.0604. The Morgan fingerprint density at radius 2 is 2.00 bits per heavy atom. The fourth-order valence-corrected chi connectivity index (χ4v) is 4.28. The van der Waals surface area contributed by atoms with Gasteiger partial charge in [-0.1, -0.05) is 15.9 Å². The molecule has 1 rings (SSSR count). The lowest BCUT2D eigenvalue weighted by Gasteiger charge is -2.19. The first-order valence-electron chi connectivity index (χ1n) is 4.84. The third kappa shape index (κ3) is 3.75. The van der Waals surface area contributed by atoms with Crippen LogP contribution in [0.25, 0.3) is 0 Å². The van der Waals surface area contributed by atoms with Gasteiger partial charge in [0, 0.05) is 22.5 Å². The maximum Gasteiger partial charge on any atom is 0.244 e. The summed E-state index contributed by atoms with van der Waals surface area (Å²) in [5.74, 6) is 0. The summed E-state index contributed by atoms with van der Waals surface area (Å²) in [6.07, 6.45) is -0.705. The van der Waals surface area contributed by atoms with Crippen LogP contribution in [-0.2, 0) is 10.0 Å². The largest absolute Gasteiger partial charge is 0.392 e. The summed E-state index contributed by atoms with van der Waals surface area (Å²) in [4.78, 5) is 0.184. The lowest BCUT2D eigenvalue weighted by Crippen LogP contribution is -2.33. The van der Waals surface area contributed by atoms with Crippen LogP contribution in [0.5, 0.6) is 0 Å². The van der Waals surface area contributed by atoms with Gasteiger partial charge in [-0.2, -0.15) is 4.31 Å². The third-order valence-electron chi connectivity index (χ3n) is 2.10. The highest BCUT2D eigenvalue weighted by molar-refractivity contribution is 9.11. The summed E-state index contributed by atoms with van der Waals surface area (Å²) in [5.41, 5.74) is 0. The first-order chi connectivity index (χ1) is 7.75. The van der Waals surface area contributed by atoms with Crippen LogP contribution in [-0.4, -0.2) is 37.5 Å². The molecule has 0 saturated heterocycles. The van der Waals surface area contributed by atoms with Gasteiger partial charge in [0.1, 0.15) is 0 Å². The molecule has 0 radical (unpaired) electrons. The van der Waals surface area contributed by atoms with Gasteiger partial charge in [0.05, 0.1) is 11.0 Å². The van der Waals surface area contributed by atoms with Crippen LogP contribution in [0.2, 0.25) is 0 Å². The highest BCUT2D eigenvalue weighted by atomic mass is 79.9. The fraction of sp³-hybridized carbons (Fsp3) is 0.400. The van der Waals surface area contributed by atoms with Crippen LogP contribution < -0.4 is 0 Å². The number of likely N-dealkylation sites (N-methyl/N-ethyl adjacent to an activating group) is 1. The van der Waals surface area contributed by atoms with E-state index in [9.17, 15) is 13.5 Å². The van der Waals surface area contributed by atoms with Crippen LogP contribution in [0.1, 0.15) is 6.92 Å². The molecule has 0 aliphatic carbocycles. The number of aliphatic hydroxyl groups excluding tert-OH is 1. The van der Waals surface area contributed by atoms with Crippen LogP contribution in [0, 0.1) is 0 Å². The Morgan fingerprint density at radius 1 is 1.41 bits per heavy atom. The number of halogens is 2. The van der Waals surface area contributed by atoms with Crippen molar-refractivity contribution in [2.75, 3.05) is 13.6 Å². The summed E-state index contributed by atoms with van der Waals surface area (Å²) in [6.45, 7) is 1.60. The second-order valence-corrected chi connectivity index (χ2v) is 7.49. The number of sulfonamides is 1. The van der Waals surface area contributed by atoms with Crippen molar-refractivity contribution >= 4 is 41.9 Å². The molecule has 0 heterocycles. The van der Waals surface area contributed by atoms with Gasteiger partial charge in [0.2, 0.25) is 10.0 Å². The van der Waals surface area contributed by atoms with Gasteiger partial charge < -0.3 is 5.11 Å². The minimum atomic E-state index is -3.58. The highest BCUT2D eigenvalue weighted by Gasteiger charge is 2.24. The van der Waals surface area contributed by atoms with E-state index in [1.807, 2.05) is 0 Å². The molecule has 0 bridgehead atoms. The van der Waals surface area contributed by atoms with Crippen molar-refractivity contribution in [1.82, 2.24) is 4.31 Å². The Hall–Kier alpha value is 0.0500. The average molecular weight is 387 g/mol. The topological polar surface area (TPSA) is 57.6 Å². The number of rotatable bonds is 4. The zero-order chi connectivity index (χ0) is 13.2. The number of aliphatic hydroxyl groups is 1. The molecule has 1 aromatic carbocycles. The first-order valence-corrected chi connectivity index (χ1v) is 7.87. The molecule has 0 aliphatic rings. The van der Waals surface area contributed by atoms with E-state index in [1.54, 1.807) is 19.1 Å². The molecule has 4 nitrogen and oxygen atoms in total. The summed E-state index contributed by atoms with van der Waals surface area (Å²) in [5, 5.41) is 9.22. The SMILES string of the molecule is CC(O)CN(C)S(=O)(=O)c1ccc(Br)cc1Br. The van der Waals surface area contributed by atoms with Crippen molar-refractivity contribution in [2.45, 2.75) is 17.9 Å². The molecule has 1 aromatic rings. The Morgan fingerprint density at radius 3 is 2.47 bits per heavy atom. The Kier molecular flexibility index (Phi) is 5.15. The van der Waals surface area contributed by atoms with Crippen molar-refractivity contribution < 1.29 is 13.5 Å². The number of benzene rings is 1. The van der Waals surface area contributed by atoms with Crippen molar-refractivity contribution in [1.29, 1.82) is 0 Å². The summed E-state index contributed by atoms with van der Waals surface area (Å²) >= 11 is 6.48. The van der Waals surface area contributed by atoms with Crippen molar-refractivity contribution in [3.63, 3.8) is 0 Å². The zero-order valence-corrected chi connectivity index (χ0v) is 13.4. The maximum absolute atomic E-state index is 12.2. The predicted octanol–water partition coefficient (Wildman–Crippen LogP) is 2.21. The van der Waals surface area contributed by atoms with Crippen LogP contribution >= 0.6 is 31.9 Å². The Bertz CT molecular complexity index is 502. The molecular weight excluding hydrogens is 374 g/mol.